The van der Waals surface area contributed by atoms with E-state index in [1.807, 2.05) is 18.7 Å². The van der Waals surface area contributed by atoms with E-state index in [0.717, 1.165) is 30.4 Å². The van der Waals surface area contributed by atoms with Crippen LogP contribution in [0.15, 0.2) is 24.4 Å². The Morgan fingerprint density at radius 3 is 2.76 bits per heavy atom. The van der Waals surface area contributed by atoms with Crippen molar-refractivity contribution in [1.29, 1.82) is 0 Å². The van der Waals surface area contributed by atoms with E-state index < -0.39 is 24.8 Å². The number of ether oxygens (including phenoxy) is 2. The second kappa shape index (κ2) is 9.91. The van der Waals surface area contributed by atoms with Gasteiger partial charge in [-0.3, -0.25) is 4.79 Å². The van der Waals surface area contributed by atoms with Crippen molar-refractivity contribution < 1.29 is 27.4 Å². The van der Waals surface area contributed by atoms with Crippen molar-refractivity contribution in [3.05, 3.63) is 41.1 Å². The molecule has 3 heterocycles. The zero-order valence-corrected chi connectivity index (χ0v) is 20.0. The molecule has 3 aromatic rings. The van der Waals surface area contributed by atoms with Crippen LogP contribution in [0.4, 0.5) is 13.2 Å². The molecular weight excluding hydrogens is 493 g/mol. The molecule has 1 fully saturated rings. The number of hydrogen-bond acceptors (Lipinski definition) is 6. The van der Waals surface area contributed by atoms with Crippen LogP contribution in [-0.2, 0) is 7.05 Å². The Balaban J connectivity index is 1.62. The van der Waals surface area contributed by atoms with E-state index >= 15 is 0 Å². The highest BCUT2D eigenvalue weighted by molar-refractivity contribution is 7.99. The Morgan fingerprint density at radius 2 is 2.06 bits per heavy atom. The molecule has 1 aromatic carbocycles. The van der Waals surface area contributed by atoms with Gasteiger partial charge in [-0.05, 0) is 31.3 Å². The molecule has 0 unspecified atom stereocenters. The van der Waals surface area contributed by atoms with Crippen LogP contribution in [0.3, 0.4) is 0 Å². The van der Waals surface area contributed by atoms with Gasteiger partial charge in [0, 0.05) is 37.0 Å². The molecule has 182 valence electrons. The molecule has 1 aliphatic rings. The van der Waals surface area contributed by atoms with Gasteiger partial charge in [0.2, 0.25) is 0 Å². The molecule has 1 N–H and O–H groups in total. The predicted molar refractivity (Wildman–Crippen MR) is 124 cm³/mol. The molecule has 0 aliphatic carbocycles. The van der Waals surface area contributed by atoms with Crippen LogP contribution in [0.2, 0.25) is 5.02 Å². The van der Waals surface area contributed by atoms with Gasteiger partial charge in [-0.25, -0.2) is 23.1 Å². The zero-order chi connectivity index (χ0) is 24.5. The Hall–Kier alpha value is -2.66. The van der Waals surface area contributed by atoms with Crippen LogP contribution < -0.4 is 14.8 Å². The zero-order valence-electron chi connectivity index (χ0n) is 18.4. The topological polar surface area (TPSA) is 78.3 Å². The summed E-state index contributed by atoms with van der Waals surface area (Å²) < 4.78 is 52.2. The number of amides is 1. The molecule has 0 bridgehead atoms. The van der Waals surface area contributed by atoms with Crippen molar-refractivity contribution in [2.24, 2.45) is 7.05 Å². The highest BCUT2D eigenvalue weighted by atomic mass is 35.5. The summed E-state index contributed by atoms with van der Waals surface area (Å²) in [5.41, 5.74) is -0.0292. The molecule has 1 saturated heterocycles. The number of thioether (sulfide) groups is 1. The number of alkyl halides is 2. The third-order valence-corrected chi connectivity index (χ3v) is 6.68. The average Bonchev–Trinajstić information content (AvgIpc) is 3.11. The van der Waals surface area contributed by atoms with E-state index in [9.17, 15) is 18.0 Å². The second-order valence-corrected chi connectivity index (χ2v) is 9.82. The number of pyridine rings is 1. The van der Waals surface area contributed by atoms with Gasteiger partial charge in [0.25, 0.3) is 18.2 Å². The number of hydrogen-bond donors (Lipinski definition) is 1. The first-order valence-electron chi connectivity index (χ1n) is 10.5. The first kappa shape index (κ1) is 24.5. The quantitative estimate of drug-likeness (QED) is 0.466. The Bertz CT molecular complexity index is 1220. The molecule has 2 aromatic heterocycles. The molecule has 4 rings (SSSR count). The lowest BCUT2D eigenvalue weighted by molar-refractivity contribution is 0.0804. The summed E-state index contributed by atoms with van der Waals surface area (Å²) in [6.45, 7) is 1.11. The monoisotopic (exact) mass is 514 g/mol. The van der Waals surface area contributed by atoms with Crippen LogP contribution >= 0.6 is 23.4 Å². The summed E-state index contributed by atoms with van der Waals surface area (Å²) in [7, 11) is 1.60. The fourth-order valence-corrected chi connectivity index (χ4v) is 5.16. The molecule has 7 nitrogen and oxygen atoms in total. The van der Waals surface area contributed by atoms with Crippen molar-refractivity contribution >= 4 is 40.3 Å². The molecule has 0 atom stereocenters. The number of benzene rings is 1. The normalized spacial score (nSPS) is 15.5. The van der Waals surface area contributed by atoms with Gasteiger partial charge in [-0.2, -0.15) is 11.8 Å². The molecule has 1 aliphatic heterocycles. The number of rotatable bonds is 7. The van der Waals surface area contributed by atoms with Gasteiger partial charge >= 0.3 is 0 Å². The van der Waals surface area contributed by atoms with Crippen LogP contribution in [0.25, 0.3) is 11.0 Å². The third kappa shape index (κ3) is 5.35. The van der Waals surface area contributed by atoms with Crippen LogP contribution in [-0.4, -0.2) is 50.5 Å². The van der Waals surface area contributed by atoms with Crippen molar-refractivity contribution in [1.82, 2.24) is 19.9 Å². The van der Waals surface area contributed by atoms with E-state index in [-0.39, 0.29) is 39.3 Å². The minimum atomic E-state index is -2.71. The van der Waals surface area contributed by atoms with Gasteiger partial charge in [-0.15, -0.1) is 0 Å². The van der Waals surface area contributed by atoms with E-state index in [2.05, 4.69) is 15.3 Å². The first-order valence-corrected chi connectivity index (χ1v) is 12.0. The average molecular weight is 515 g/mol. The van der Waals surface area contributed by atoms with Gasteiger partial charge in [0.05, 0.1) is 10.5 Å². The minimum Gasteiger partial charge on any atom is -0.482 e. The highest BCUT2D eigenvalue weighted by Crippen LogP contribution is 2.34. The Labute approximate surface area is 203 Å². The highest BCUT2D eigenvalue weighted by Gasteiger charge is 2.31. The fraction of sp³-hybridized carbons (Fsp3) is 0.409. The number of nitrogens with zero attached hydrogens (tertiary/aromatic N) is 3. The fourth-order valence-electron chi connectivity index (χ4n) is 3.61. The SMILES string of the molecule is Cn1c(C(=O)NC2(C)CCSCC2)nc2c(F)cc(Oc3ncc(Cl)cc3OCC(F)F)cc21. The number of halogens is 4. The van der Waals surface area contributed by atoms with Gasteiger partial charge in [0.1, 0.15) is 17.9 Å². The van der Waals surface area contributed by atoms with E-state index in [4.69, 9.17) is 21.1 Å². The summed E-state index contributed by atoms with van der Waals surface area (Å²) in [5, 5.41) is 3.19. The maximum absolute atomic E-state index is 14.9. The number of aromatic nitrogens is 3. The van der Waals surface area contributed by atoms with Crippen LogP contribution in [0, 0.1) is 5.82 Å². The van der Waals surface area contributed by atoms with Crippen LogP contribution in [0.1, 0.15) is 30.4 Å². The molecule has 1 amide bonds. The minimum absolute atomic E-state index is 0.00240. The molecule has 0 spiro atoms. The number of nitrogens with one attached hydrogen (secondary N) is 1. The predicted octanol–water partition coefficient (Wildman–Crippen LogP) is 5.21. The lowest BCUT2D eigenvalue weighted by Gasteiger charge is -2.34. The van der Waals surface area contributed by atoms with Crippen molar-refractivity contribution in [3.63, 3.8) is 0 Å². The first-order chi connectivity index (χ1) is 16.1. The summed E-state index contributed by atoms with van der Waals surface area (Å²) in [6, 6.07) is 3.83. The maximum atomic E-state index is 14.9. The van der Waals surface area contributed by atoms with Crippen molar-refractivity contribution in [3.8, 4) is 17.4 Å². The summed E-state index contributed by atoms with van der Waals surface area (Å²) in [6.07, 6.45) is 0.208. The third-order valence-electron chi connectivity index (χ3n) is 5.49. The van der Waals surface area contributed by atoms with E-state index in [1.165, 1.54) is 22.9 Å². The largest absolute Gasteiger partial charge is 0.482 e. The number of fused-ring (bicyclic) bond motifs is 1. The molecular formula is C22H22ClF3N4O3S. The number of carbonyl (C=O) groups excluding carboxylic acids is 1. The molecule has 0 radical (unpaired) electrons. The smallest absolute Gasteiger partial charge is 0.287 e. The number of imidazole rings is 1. The van der Waals surface area contributed by atoms with E-state index in [0.29, 0.717) is 5.52 Å². The van der Waals surface area contributed by atoms with Crippen molar-refractivity contribution in [2.45, 2.75) is 31.7 Å². The Morgan fingerprint density at radius 1 is 1.32 bits per heavy atom. The summed E-state index contributed by atoms with van der Waals surface area (Å²) in [4.78, 5) is 21.1. The number of carbonyl (C=O) groups is 1. The number of aryl methyl sites for hydroxylation is 1. The summed E-state index contributed by atoms with van der Waals surface area (Å²) >= 11 is 7.72. The van der Waals surface area contributed by atoms with Gasteiger partial charge in [0.15, 0.2) is 17.4 Å². The maximum Gasteiger partial charge on any atom is 0.287 e. The van der Waals surface area contributed by atoms with Crippen molar-refractivity contribution in [2.75, 3.05) is 18.1 Å². The van der Waals surface area contributed by atoms with Gasteiger partial charge in [-0.1, -0.05) is 11.6 Å². The van der Waals surface area contributed by atoms with Gasteiger partial charge < -0.3 is 19.4 Å². The molecule has 34 heavy (non-hydrogen) atoms. The Kier molecular flexibility index (Phi) is 7.13. The lowest BCUT2D eigenvalue weighted by Crippen LogP contribution is -2.48. The summed E-state index contributed by atoms with van der Waals surface area (Å²) in [5.74, 6) is 0.615. The molecule has 12 heteroatoms. The standard InChI is InChI=1S/C22H22ClF3N4O3S/c1-22(3-5-34-6-4-22)29-20(31)19-28-18-14(24)8-13(9-15(18)30(19)2)33-21-16(32-11-17(25)26)7-12(23)10-27-21/h7-10,17H,3-6,11H2,1-2H3,(H,29,31). The van der Waals surface area contributed by atoms with Crippen LogP contribution in [0.5, 0.6) is 17.4 Å². The second-order valence-electron chi connectivity index (χ2n) is 8.16. The molecule has 0 saturated carbocycles. The van der Waals surface area contributed by atoms with E-state index in [1.54, 1.807) is 7.05 Å². The lowest BCUT2D eigenvalue weighted by atomic mass is 9.95.